The lowest BCUT2D eigenvalue weighted by molar-refractivity contribution is -0.142. The molecular weight excluding hydrogens is 332 g/mol. The average molecular weight is 362 g/mol. The van der Waals surface area contributed by atoms with Crippen LogP contribution >= 0.6 is 0 Å². The highest BCUT2D eigenvalue weighted by Gasteiger charge is 2.66. The van der Waals surface area contributed by atoms with Gasteiger partial charge in [0.25, 0.3) is 0 Å². The van der Waals surface area contributed by atoms with Gasteiger partial charge in [0.2, 0.25) is 5.91 Å². The van der Waals surface area contributed by atoms with Crippen molar-refractivity contribution in [1.82, 2.24) is 19.6 Å². The van der Waals surface area contributed by atoms with Gasteiger partial charge in [-0.3, -0.25) is 19.2 Å². The van der Waals surface area contributed by atoms with E-state index in [1.807, 2.05) is 29.6 Å². The topological polar surface area (TPSA) is 78.7 Å². The Kier molecular flexibility index (Phi) is 5.37. The van der Waals surface area contributed by atoms with Crippen LogP contribution in [-0.4, -0.2) is 62.7 Å². The van der Waals surface area contributed by atoms with E-state index in [1.54, 1.807) is 0 Å². The normalized spacial score (nSPS) is 25.7. The van der Waals surface area contributed by atoms with Gasteiger partial charge in [0, 0.05) is 51.0 Å². The molecule has 7 nitrogen and oxygen atoms in total. The van der Waals surface area contributed by atoms with Gasteiger partial charge in [-0.1, -0.05) is 20.8 Å². The summed E-state index contributed by atoms with van der Waals surface area (Å²) in [4.78, 5) is 28.4. The number of amides is 1. The lowest BCUT2D eigenvalue weighted by Gasteiger charge is -2.22. The third kappa shape index (κ3) is 3.77. The number of carboxylic acids is 1. The van der Waals surface area contributed by atoms with E-state index in [1.165, 1.54) is 5.56 Å². The summed E-state index contributed by atoms with van der Waals surface area (Å²) < 4.78 is 1.98. The van der Waals surface area contributed by atoms with E-state index in [2.05, 4.69) is 23.1 Å². The quantitative estimate of drug-likeness (QED) is 0.833. The van der Waals surface area contributed by atoms with Crippen molar-refractivity contribution >= 4 is 11.9 Å². The molecule has 0 spiro atoms. The second kappa shape index (κ2) is 7.39. The first kappa shape index (κ1) is 18.9. The van der Waals surface area contributed by atoms with Crippen LogP contribution < -0.4 is 0 Å². The molecule has 3 rings (SSSR count). The van der Waals surface area contributed by atoms with Crippen molar-refractivity contribution in [2.45, 2.75) is 46.7 Å². The SMILES string of the molecule is CCCn1cc(CN2CCCN(C(=O)[C@@H]3[C@H](C(=O)O)C3(C)C)CC2)cn1. The Bertz CT molecular complexity index is 669. The lowest BCUT2D eigenvalue weighted by atomic mass is 10.1. The predicted molar refractivity (Wildman–Crippen MR) is 97.4 cm³/mol. The molecule has 0 bridgehead atoms. The first-order valence-electron chi connectivity index (χ1n) is 9.60. The second-order valence-corrected chi connectivity index (χ2v) is 8.18. The maximum absolute atomic E-state index is 12.8. The fraction of sp³-hybridized carbons (Fsp3) is 0.737. The monoisotopic (exact) mass is 362 g/mol. The molecule has 2 fully saturated rings. The van der Waals surface area contributed by atoms with Crippen LogP contribution in [0.5, 0.6) is 0 Å². The highest BCUT2D eigenvalue weighted by Crippen LogP contribution is 2.59. The van der Waals surface area contributed by atoms with Gasteiger partial charge in [-0.15, -0.1) is 0 Å². The molecule has 1 aromatic rings. The van der Waals surface area contributed by atoms with Crippen LogP contribution in [0.4, 0.5) is 0 Å². The Labute approximate surface area is 155 Å². The van der Waals surface area contributed by atoms with Gasteiger partial charge < -0.3 is 10.0 Å². The molecule has 2 aliphatic rings. The molecule has 1 aliphatic carbocycles. The highest BCUT2D eigenvalue weighted by atomic mass is 16.4. The summed E-state index contributed by atoms with van der Waals surface area (Å²) in [5.41, 5.74) is 0.774. The Morgan fingerprint density at radius 1 is 1.23 bits per heavy atom. The number of aromatic nitrogens is 2. The van der Waals surface area contributed by atoms with Crippen LogP contribution in [0.15, 0.2) is 12.4 Å². The summed E-state index contributed by atoms with van der Waals surface area (Å²) in [6.07, 6.45) is 6.01. The fourth-order valence-corrected chi connectivity index (χ4v) is 4.20. The molecule has 144 valence electrons. The molecular formula is C19H30N4O3. The number of aryl methyl sites for hydroxylation is 1. The molecule has 1 aromatic heterocycles. The first-order chi connectivity index (χ1) is 12.3. The lowest BCUT2D eigenvalue weighted by Crippen LogP contribution is -2.37. The van der Waals surface area contributed by atoms with E-state index in [0.717, 1.165) is 39.0 Å². The smallest absolute Gasteiger partial charge is 0.307 e. The molecule has 1 saturated carbocycles. The van der Waals surface area contributed by atoms with Crippen molar-refractivity contribution in [3.63, 3.8) is 0 Å². The van der Waals surface area contributed by atoms with Gasteiger partial charge >= 0.3 is 5.97 Å². The minimum absolute atomic E-state index is 0.0139. The van der Waals surface area contributed by atoms with Crippen molar-refractivity contribution in [2.24, 2.45) is 17.3 Å². The van der Waals surface area contributed by atoms with Gasteiger partial charge in [-0.05, 0) is 18.3 Å². The van der Waals surface area contributed by atoms with Crippen molar-refractivity contribution in [1.29, 1.82) is 0 Å². The molecule has 1 amide bonds. The molecule has 0 aromatic carbocycles. The number of hydrogen-bond donors (Lipinski definition) is 1. The third-order valence-electron chi connectivity index (χ3n) is 5.81. The number of carbonyl (C=O) groups is 2. The molecule has 0 unspecified atom stereocenters. The highest BCUT2D eigenvalue weighted by molar-refractivity contribution is 5.91. The van der Waals surface area contributed by atoms with E-state index in [-0.39, 0.29) is 11.8 Å². The summed E-state index contributed by atoms with van der Waals surface area (Å²) in [5, 5.41) is 13.7. The maximum atomic E-state index is 12.8. The minimum Gasteiger partial charge on any atom is -0.481 e. The summed E-state index contributed by atoms with van der Waals surface area (Å²) >= 11 is 0. The number of carbonyl (C=O) groups excluding carboxylic acids is 1. The Balaban J connectivity index is 1.55. The number of carboxylic acid groups (broad SMARTS) is 1. The van der Waals surface area contributed by atoms with Crippen molar-refractivity contribution in [3.05, 3.63) is 18.0 Å². The van der Waals surface area contributed by atoms with E-state index >= 15 is 0 Å². The zero-order valence-electron chi connectivity index (χ0n) is 16.0. The van der Waals surface area contributed by atoms with Crippen LogP contribution in [0.25, 0.3) is 0 Å². The number of aliphatic carboxylic acids is 1. The molecule has 2 heterocycles. The van der Waals surface area contributed by atoms with Gasteiger partial charge in [-0.2, -0.15) is 5.10 Å². The van der Waals surface area contributed by atoms with E-state index in [0.29, 0.717) is 13.1 Å². The molecule has 7 heteroatoms. The van der Waals surface area contributed by atoms with Gasteiger partial charge in [0.1, 0.15) is 0 Å². The zero-order valence-corrected chi connectivity index (χ0v) is 16.0. The number of nitrogens with zero attached hydrogens (tertiary/aromatic N) is 4. The van der Waals surface area contributed by atoms with Crippen LogP contribution in [0, 0.1) is 17.3 Å². The van der Waals surface area contributed by atoms with Gasteiger partial charge in [-0.25, -0.2) is 0 Å². The first-order valence-corrected chi connectivity index (χ1v) is 9.60. The second-order valence-electron chi connectivity index (χ2n) is 8.18. The molecule has 26 heavy (non-hydrogen) atoms. The molecule has 0 radical (unpaired) electrons. The molecule has 2 atom stereocenters. The van der Waals surface area contributed by atoms with Crippen LogP contribution in [0.1, 0.15) is 39.2 Å². The standard InChI is InChI=1S/C19H30N4O3/c1-4-6-23-13-14(11-20-23)12-21-7-5-8-22(10-9-21)17(24)15-16(18(25)26)19(15,2)3/h11,13,15-16H,4-10,12H2,1-3H3,(H,25,26)/t15-,16+/m0/s1. The van der Waals surface area contributed by atoms with E-state index < -0.39 is 17.3 Å². The number of rotatable bonds is 6. The van der Waals surface area contributed by atoms with Crippen molar-refractivity contribution in [2.75, 3.05) is 26.2 Å². The van der Waals surface area contributed by atoms with Crippen LogP contribution in [0.2, 0.25) is 0 Å². The number of hydrogen-bond acceptors (Lipinski definition) is 4. The third-order valence-corrected chi connectivity index (χ3v) is 5.81. The maximum Gasteiger partial charge on any atom is 0.307 e. The molecule has 1 saturated heterocycles. The largest absolute Gasteiger partial charge is 0.481 e. The Morgan fingerprint density at radius 3 is 2.65 bits per heavy atom. The van der Waals surface area contributed by atoms with Crippen molar-refractivity contribution < 1.29 is 14.7 Å². The predicted octanol–water partition coefficient (Wildman–Crippen LogP) is 1.68. The van der Waals surface area contributed by atoms with Crippen LogP contribution in [-0.2, 0) is 22.7 Å². The summed E-state index contributed by atoms with van der Waals surface area (Å²) in [5.74, 6) is -1.76. The summed E-state index contributed by atoms with van der Waals surface area (Å²) in [6, 6.07) is 0. The van der Waals surface area contributed by atoms with E-state index in [4.69, 9.17) is 0 Å². The average Bonchev–Trinajstić information content (AvgIpc) is 3.03. The Hall–Kier alpha value is -1.89. The van der Waals surface area contributed by atoms with Crippen LogP contribution in [0.3, 0.4) is 0 Å². The molecule has 1 N–H and O–H groups in total. The minimum atomic E-state index is -0.853. The van der Waals surface area contributed by atoms with Crippen molar-refractivity contribution in [3.8, 4) is 0 Å². The van der Waals surface area contributed by atoms with Gasteiger partial charge in [0.05, 0.1) is 18.0 Å². The summed E-state index contributed by atoms with van der Waals surface area (Å²) in [6.45, 7) is 10.8. The fourth-order valence-electron chi connectivity index (χ4n) is 4.20. The zero-order chi connectivity index (χ0) is 18.9. The summed E-state index contributed by atoms with van der Waals surface area (Å²) in [7, 11) is 0. The van der Waals surface area contributed by atoms with Gasteiger partial charge in [0.15, 0.2) is 0 Å². The van der Waals surface area contributed by atoms with E-state index in [9.17, 15) is 14.7 Å². The Morgan fingerprint density at radius 2 is 2.00 bits per heavy atom. The molecule has 1 aliphatic heterocycles.